The molecule has 1 spiro atoms. The van der Waals surface area contributed by atoms with Gasteiger partial charge >= 0.3 is 5.97 Å². The van der Waals surface area contributed by atoms with Crippen molar-refractivity contribution in [2.75, 3.05) is 13.1 Å². The second-order valence-corrected chi connectivity index (χ2v) is 7.67. The molecule has 5 aliphatic rings. The molecule has 0 unspecified atom stereocenters. The maximum Gasteiger partial charge on any atom is 0.312 e. The molecule has 0 aromatic rings. The summed E-state index contributed by atoms with van der Waals surface area (Å²) in [5.41, 5.74) is -1.60. The van der Waals surface area contributed by atoms with Gasteiger partial charge in [0.15, 0.2) is 0 Å². The van der Waals surface area contributed by atoms with Crippen LogP contribution in [0.15, 0.2) is 12.2 Å². The quantitative estimate of drug-likeness (QED) is 0.531. The Bertz CT molecular complexity index is 546. The topological polar surface area (TPSA) is 49.8 Å². The van der Waals surface area contributed by atoms with Crippen molar-refractivity contribution in [2.45, 2.75) is 49.9 Å². The van der Waals surface area contributed by atoms with Crippen molar-refractivity contribution in [3.8, 4) is 0 Å². The normalized spacial score (nSPS) is 59.5. The van der Waals surface area contributed by atoms with Crippen molar-refractivity contribution >= 4 is 5.97 Å². The van der Waals surface area contributed by atoms with Crippen LogP contribution in [0.25, 0.3) is 0 Å². The number of carbonyl (C=O) groups is 1. The van der Waals surface area contributed by atoms with Gasteiger partial charge < -0.3 is 9.84 Å². The van der Waals surface area contributed by atoms with E-state index in [1.54, 1.807) is 0 Å². The first-order valence-electron chi connectivity index (χ1n) is 7.89. The Morgan fingerprint density at radius 1 is 1.50 bits per heavy atom. The monoisotopic (exact) mass is 275 g/mol. The summed E-state index contributed by atoms with van der Waals surface area (Å²) < 4.78 is 5.79. The Labute approximate surface area is 118 Å². The Hall–Kier alpha value is -0.870. The van der Waals surface area contributed by atoms with Gasteiger partial charge in [0.2, 0.25) is 0 Å². The minimum absolute atomic E-state index is 0.0228. The third-order valence-corrected chi connectivity index (χ3v) is 7.09. The van der Waals surface area contributed by atoms with Gasteiger partial charge in [0, 0.05) is 18.4 Å². The molecule has 0 aromatic carbocycles. The van der Waals surface area contributed by atoms with Crippen LogP contribution in [0.4, 0.5) is 0 Å². The highest BCUT2D eigenvalue weighted by molar-refractivity contribution is 5.80. The van der Waals surface area contributed by atoms with E-state index in [1.165, 1.54) is 0 Å². The highest BCUT2D eigenvalue weighted by atomic mass is 16.5. The fraction of sp³-hybridized carbons (Fsp3) is 0.812. The van der Waals surface area contributed by atoms with Gasteiger partial charge in [-0.05, 0) is 39.2 Å². The van der Waals surface area contributed by atoms with Crippen LogP contribution in [0.5, 0.6) is 0 Å². The molecule has 3 aliphatic heterocycles. The molecule has 2 aliphatic carbocycles. The Morgan fingerprint density at radius 3 is 3.20 bits per heavy atom. The van der Waals surface area contributed by atoms with E-state index in [-0.39, 0.29) is 23.5 Å². The average molecular weight is 275 g/mol. The second kappa shape index (κ2) is 3.14. The number of fused-ring (bicyclic) bond motifs is 2. The number of hydrogen-bond donors (Lipinski definition) is 1. The predicted octanol–water partition coefficient (Wildman–Crippen LogP) is 1.09. The lowest BCUT2D eigenvalue weighted by atomic mass is 9.56. The highest BCUT2D eigenvalue weighted by Crippen LogP contribution is 2.70. The summed E-state index contributed by atoms with van der Waals surface area (Å²) >= 11 is 0. The van der Waals surface area contributed by atoms with E-state index in [4.69, 9.17) is 4.74 Å². The zero-order chi connectivity index (χ0) is 13.8. The molecular weight excluding hydrogens is 254 g/mol. The van der Waals surface area contributed by atoms with Gasteiger partial charge in [-0.1, -0.05) is 12.2 Å². The van der Waals surface area contributed by atoms with E-state index in [1.807, 2.05) is 13.0 Å². The Balaban J connectivity index is 1.81. The number of piperidine rings is 1. The van der Waals surface area contributed by atoms with Gasteiger partial charge in [-0.3, -0.25) is 9.69 Å². The predicted molar refractivity (Wildman–Crippen MR) is 71.8 cm³/mol. The van der Waals surface area contributed by atoms with Gasteiger partial charge in [0.1, 0.15) is 11.7 Å². The highest BCUT2D eigenvalue weighted by Gasteiger charge is 2.80. The van der Waals surface area contributed by atoms with Crippen LogP contribution in [0.1, 0.15) is 32.6 Å². The summed E-state index contributed by atoms with van der Waals surface area (Å²) in [6.07, 6.45) is 7.98. The standard InChI is InChI=1S/C16H21NO3/c1-14-9-15-10-4-2-6-17(15)7-3-5-16(15,19)12(14)8-11(10)20-13(14)18/h3,5,10-12,19H,2,4,6-9H2,1H3/t10-,11+,12-,14-,15+,16-/m1/s1. The van der Waals surface area contributed by atoms with Crippen molar-refractivity contribution in [3.63, 3.8) is 0 Å². The molecule has 3 heterocycles. The molecule has 20 heavy (non-hydrogen) atoms. The van der Waals surface area contributed by atoms with Crippen LogP contribution in [-0.2, 0) is 9.53 Å². The molecule has 4 heteroatoms. The van der Waals surface area contributed by atoms with E-state index >= 15 is 0 Å². The number of aliphatic hydroxyl groups is 1. The zero-order valence-corrected chi connectivity index (χ0v) is 11.8. The number of rotatable bonds is 0. The zero-order valence-electron chi connectivity index (χ0n) is 11.8. The molecule has 108 valence electrons. The average Bonchev–Trinajstić information content (AvgIpc) is 2.50. The molecule has 6 atom stereocenters. The van der Waals surface area contributed by atoms with Crippen LogP contribution in [0.2, 0.25) is 0 Å². The van der Waals surface area contributed by atoms with E-state index in [2.05, 4.69) is 11.0 Å². The first-order valence-corrected chi connectivity index (χ1v) is 7.89. The van der Waals surface area contributed by atoms with Gasteiger partial charge in [-0.25, -0.2) is 0 Å². The lowest BCUT2D eigenvalue weighted by Gasteiger charge is -2.63. The third kappa shape index (κ3) is 0.933. The van der Waals surface area contributed by atoms with Crippen LogP contribution in [0, 0.1) is 17.3 Å². The Kier molecular flexibility index (Phi) is 1.85. The molecule has 3 bridgehead atoms. The minimum atomic E-state index is -0.832. The SMILES string of the molecule is C[C@@]12C[C@@]34[C@@H]5CCCN3CC=C[C@@]4(O)[C@@H]1C[C@@H]5OC2=O. The summed E-state index contributed by atoms with van der Waals surface area (Å²) in [7, 11) is 0. The number of nitrogens with zero attached hydrogens (tertiary/aromatic N) is 1. The second-order valence-electron chi connectivity index (χ2n) is 7.67. The molecule has 1 N–H and O–H groups in total. The lowest BCUT2D eigenvalue weighted by Crippen LogP contribution is -2.74. The third-order valence-electron chi connectivity index (χ3n) is 7.09. The van der Waals surface area contributed by atoms with E-state index in [0.29, 0.717) is 5.92 Å². The van der Waals surface area contributed by atoms with Gasteiger partial charge in [-0.2, -0.15) is 0 Å². The van der Waals surface area contributed by atoms with Crippen molar-refractivity contribution in [1.82, 2.24) is 4.90 Å². The molecule has 4 nitrogen and oxygen atoms in total. The summed E-state index contributed by atoms with van der Waals surface area (Å²) in [4.78, 5) is 15.0. The smallest absolute Gasteiger partial charge is 0.312 e. The van der Waals surface area contributed by atoms with Crippen molar-refractivity contribution in [2.24, 2.45) is 17.3 Å². The fourth-order valence-electron chi connectivity index (χ4n) is 6.40. The van der Waals surface area contributed by atoms with Crippen LogP contribution >= 0.6 is 0 Å². The van der Waals surface area contributed by atoms with E-state index in [9.17, 15) is 9.90 Å². The van der Waals surface area contributed by atoms with Crippen LogP contribution < -0.4 is 0 Å². The maximum absolute atomic E-state index is 12.5. The molecule has 0 aromatic heterocycles. The number of carbonyl (C=O) groups excluding carboxylic acids is 1. The van der Waals surface area contributed by atoms with Crippen LogP contribution in [-0.4, -0.2) is 46.3 Å². The van der Waals surface area contributed by atoms with E-state index < -0.39 is 11.0 Å². The summed E-state index contributed by atoms with van der Waals surface area (Å²) in [6.45, 7) is 3.96. The van der Waals surface area contributed by atoms with Crippen molar-refractivity contribution < 1.29 is 14.6 Å². The first-order chi connectivity index (χ1) is 9.52. The van der Waals surface area contributed by atoms with Gasteiger partial charge in [0.05, 0.1) is 11.0 Å². The number of hydrogen-bond acceptors (Lipinski definition) is 4. The van der Waals surface area contributed by atoms with Gasteiger partial charge in [0.25, 0.3) is 0 Å². The summed E-state index contributed by atoms with van der Waals surface area (Å²) in [6, 6.07) is 0. The molecule has 0 amide bonds. The van der Waals surface area contributed by atoms with Crippen molar-refractivity contribution in [3.05, 3.63) is 12.2 Å². The molecule has 4 fully saturated rings. The summed E-state index contributed by atoms with van der Waals surface area (Å²) in [5, 5.41) is 11.6. The van der Waals surface area contributed by atoms with Crippen LogP contribution in [0.3, 0.4) is 0 Å². The first kappa shape index (κ1) is 11.8. The summed E-state index contributed by atoms with van der Waals surface area (Å²) in [5.74, 6) is 0.254. The van der Waals surface area contributed by atoms with E-state index in [0.717, 1.165) is 38.8 Å². The molecule has 5 rings (SSSR count). The maximum atomic E-state index is 12.5. The molecule has 0 radical (unpaired) electrons. The minimum Gasteiger partial charge on any atom is -0.462 e. The molecule has 2 saturated heterocycles. The number of esters is 1. The molecular formula is C16H21NO3. The van der Waals surface area contributed by atoms with Crippen molar-refractivity contribution in [1.29, 1.82) is 0 Å². The lowest BCUT2D eigenvalue weighted by molar-refractivity contribution is -0.221. The Morgan fingerprint density at radius 2 is 2.35 bits per heavy atom. The van der Waals surface area contributed by atoms with Gasteiger partial charge in [-0.15, -0.1) is 0 Å². The fourth-order valence-corrected chi connectivity index (χ4v) is 6.40. The largest absolute Gasteiger partial charge is 0.462 e. The number of ether oxygens (including phenoxy) is 1. The molecule has 2 saturated carbocycles.